The van der Waals surface area contributed by atoms with Crippen molar-refractivity contribution in [3.8, 4) is 0 Å². The molecule has 0 saturated heterocycles. The van der Waals surface area contributed by atoms with Gasteiger partial charge in [0, 0.05) is 0 Å². The summed E-state index contributed by atoms with van der Waals surface area (Å²) in [5.74, 6) is -1.02. The van der Waals surface area contributed by atoms with Crippen molar-refractivity contribution in [3.05, 3.63) is 134 Å². The number of allylic oxidation sites excluding steroid dienone is 9. The molecule has 3 atom stereocenters. The van der Waals surface area contributed by atoms with E-state index < -0.39 is 43.6 Å². The normalized spacial score (nSPS) is 19.5. The molecule has 2 aromatic rings. The second-order valence-corrected chi connectivity index (χ2v) is 15.8. The molecule has 2 aromatic carbocycles. The van der Waals surface area contributed by atoms with Crippen LogP contribution in [0.25, 0.3) is 5.57 Å². The van der Waals surface area contributed by atoms with E-state index in [1.807, 2.05) is 32.1 Å². The molecule has 2 aliphatic heterocycles. The molecule has 0 amide bonds. The Balaban J connectivity index is 1.58. The van der Waals surface area contributed by atoms with E-state index >= 15 is 0 Å². The number of hydrogen-bond donors (Lipinski definition) is 2. The van der Waals surface area contributed by atoms with Crippen molar-refractivity contribution in [2.45, 2.75) is 43.1 Å². The number of halogens is 5. The number of alkyl halides is 3. The first-order valence-corrected chi connectivity index (χ1v) is 18.1. The van der Waals surface area contributed by atoms with Crippen LogP contribution in [0.2, 0.25) is 9.84 Å². The van der Waals surface area contributed by atoms with Crippen molar-refractivity contribution in [3.63, 3.8) is 0 Å². The van der Waals surface area contributed by atoms with Gasteiger partial charge in [-0.1, -0.05) is 0 Å². The van der Waals surface area contributed by atoms with Gasteiger partial charge in [-0.25, -0.2) is 0 Å². The van der Waals surface area contributed by atoms with E-state index in [0.717, 1.165) is 51.4 Å². The number of hydrogen-bond acceptors (Lipinski definition) is 4. The summed E-state index contributed by atoms with van der Waals surface area (Å²) in [7, 11) is 0. The van der Waals surface area contributed by atoms with Crippen LogP contribution in [-0.2, 0) is 15.7 Å². The van der Waals surface area contributed by atoms with Crippen LogP contribution in [0.4, 0.5) is 17.6 Å². The average Bonchev–Trinajstić information content (AvgIpc) is 3.38. The monoisotopic (exact) mass is 725 g/mol. The number of aliphatic carboxylic acids is 1. The number of rotatable bonds is 12. The third-order valence-corrected chi connectivity index (χ3v) is 13.7. The molecule has 11 heteroatoms. The quantitative estimate of drug-likeness (QED) is 0.130. The van der Waals surface area contributed by atoms with E-state index in [2.05, 4.69) is 27.9 Å². The van der Waals surface area contributed by atoms with Crippen LogP contribution in [0.5, 0.6) is 0 Å². The number of carboxylic acid groups (broad SMARTS) is 1. The van der Waals surface area contributed by atoms with E-state index in [-0.39, 0.29) is 15.2 Å². The summed E-state index contributed by atoms with van der Waals surface area (Å²) in [6, 6.07) is 9.79. The fourth-order valence-corrected chi connectivity index (χ4v) is 11.5. The SMILES string of the molecule is C=C/C=C(\C=C/CCC(C1=C(C)NC(c2ccc(C(F)(F)F)cc2)S1)[Se]1=CC(C)=C(OCC(=O)O)C=C1)c1ccc(F)c(Cl)c1. The zero-order valence-corrected chi connectivity index (χ0v) is 27.8. The van der Waals surface area contributed by atoms with E-state index in [9.17, 15) is 22.4 Å². The molecule has 0 aromatic heterocycles. The Bertz CT molecular complexity index is 1640. The van der Waals surface area contributed by atoms with Crippen LogP contribution in [0, 0.1) is 5.82 Å². The molecule has 45 heavy (non-hydrogen) atoms. The van der Waals surface area contributed by atoms with E-state index in [1.54, 1.807) is 30.0 Å². The first-order valence-electron chi connectivity index (χ1n) is 13.9. The van der Waals surface area contributed by atoms with Gasteiger partial charge in [-0.15, -0.1) is 0 Å². The summed E-state index contributed by atoms with van der Waals surface area (Å²) < 4.78 is 58.6. The second kappa shape index (κ2) is 15.3. The molecule has 0 aliphatic carbocycles. The van der Waals surface area contributed by atoms with Gasteiger partial charge in [0.15, 0.2) is 0 Å². The summed E-state index contributed by atoms with van der Waals surface area (Å²) in [4.78, 5) is 16.6. The Morgan fingerprint density at radius 2 is 1.96 bits per heavy atom. The van der Waals surface area contributed by atoms with Gasteiger partial charge in [-0.3, -0.25) is 0 Å². The van der Waals surface area contributed by atoms with Crippen LogP contribution in [0.1, 0.15) is 48.8 Å². The van der Waals surface area contributed by atoms with Gasteiger partial charge in [0.2, 0.25) is 0 Å². The Kier molecular flexibility index (Phi) is 11.8. The molecule has 4 nitrogen and oxygen atoms in total. The standard InChI is InChI=1S/C34H32ClF4NO3SSe/c1-4-7-23(25-12-15-28(36)27(35)18-25)8-5-6-9-30(45-17-16-29(21(2)20-45)43-19-31(41)42)32-22(3)40-33(44-32)24-10-13-26(14-11-24)34(37,38)39/h4-5,7-8,10-18,20,30,33,40H,1,6,9,19H2,2-3H3,(H,41,42)/b8-5-,23-7+. The Morgan fingerprint density at radius 1 is 1.22 bits per heavy atom. The first kappa shape index (κ1) is 34.6. The summed E-state index contributed by atoms with van der Waals surface area (Å²) >= 11 is 6.03. The third-order valence-electron chi connectivity index (χ3n) is 7.00. The predicted octanol–water partition coefficient (Wildman–Crippen LogP) is 9.40. The number of benzene rings is 2. The van der Waals surface area contributed by atoms with Crippen LogP contribution in [0.3, 0.4) is 0 Å². The van der Waals surface area contributed by atoms with Crippen molar-refractivity contribution < 1.29 is 32.2 Å². The first-order chi connectivity index (χ1) is 21.4. The summed E-state index contributed by atoms with van der Waals surface area (Å²) in [6.07, 6.45) is 6.44. The topological polar surface area (TPSA) is 58.6 Å². The third kappa shape index (κ3) is 9.13. The van der Waals surface area contributed by atoms with Gasteiger partial charge in [0.1, 0.15) is 0 Å². The minimum atomic E-state index is -4.40. The van der Waals surface area contributed by atoms with Crippen LogP contribution < -0.4 is 5.32 Å². The second-order valence-electron chi connectivity index (χ2n) is 10.3. The summed E-state index contributed by atoms with van der Waals surface area (Å²) in [6.45, 7) is 7.25. The molecule has 3 unspecified atom stereocenters. The molecular weight excluding hydrogens is 693 g/mol. The minimum absolute atomic E-state index is 0.0341. The Hall–Kier alpha value is -3.30. The van der Waals surface area contributed by atoms with Crippen LogP contribution in [0.15, 0.2) is 106 Å². The number of thioether (sulfide) groups is 1. The van der Waals surface area contributed by atoms with Gasteiger partial charge in [0.25, 0.3) is 0 Å². The van der Waals surface area contributed by atoms with E-state index in [0.29, 0.717) is 12.2 Å². The van der Waals surface area contributed by atoms with Crippen molar-refractivity contribution in [1.29, 1.82) is 0 Å². The summed E-state index contributed by atoms with van der Waals surface area (Å²) in [5, 5.41) is 12.3. The van der Waals surface area contributed by atoms with Gasteiger partial charge in [0.05, 0.1) is 0 Å². The number of carbonyl (C=O) groups is 1. The Morgan fingerprint density at radius 3 is 2.58 bits per heavy atom. The Labute approximate surface area is 273 Å². The predicted molar refractivity (Wildman–Crippen MR) is 177 cm³/mol. The number of ether oxygens (including phenoxy) is 1. The molecule has 2 aliphatic rings. The van der Waals surface area contributed by atoms with Crippen molar-refractivity contribution in [2.24, 2.45) is 0 Å². The summed E-state index contributed by atoms with van der Waals surface area (Å²) in [5.41, 5.74) is 3.51. The van der Waals surface area contributed by atoms with Gasteiger partial charge in [-0.2, -0.15) is 0 Å². The van der Waals surface area contributed by atoms with Gasteiger partial charge >= 0.3 is 274 Å². The molecule has 0 saturated carbocycles. The van der Waals surface area contributed by atoms with E-state index in [1.165, 1.54) is 18.2 Å². The fraction of sp³-hybridized carbons (Fsp3) is 0.235. The molecule has 2 N–H and O–H groups in total. The molecular formula is C34H32ClF4NO3SSe. The fourth-order valence-electron chi connectivity index (χ4n) is 4.78. The van der Waals surface area contributed by atoms with Gasteiger partial charge in [-0.05, 0) is 0 Å². The van der Waals surface area contributed by atoms with Crippen molar-refractivity contribution >= 4 is 53.3 Å². The molecule has 4 rings (SSSR count). The molecule has 0 radical (unpaired) electrons. The number of carboxylic acids is 1. The van der Waals surface area contributed by atoms with Crippen molar-refractivity contribution in [2.75, 3.05) is 6.61 Å². The van der Waals surface area contributed by atoms with E-state index in [4.69, 9.17) is 21.4 Å². The molecule has 238 valence electrons. The van der Waals surface area contributed by atoms with Crippen LogP contribution >= 0.6 is 23.4 Å². The van der Waals surface area contributed by atoms with Crippen molar-refractivity contribution in [1.82, 2.24) is 5.32 Å². The molecule has 0 bridgehead atoms. The molecule has 0 fully saturated rings. The number of nitrogens with one attached hydrogen (secondary N) is 1. The zero-order chi connectivity index (χ0) is 32.7. The average molecular weight is 725 g/mol. The molecule has 0 spiro atoms. The van der Waals surface area contributed by atoms with Gasteiger partial charge < -0.3 is 0 Å². The zero-order valence-electron chi connectivity index (χ0n) is 24.5. The maximum absolute atomic E-state index is 13.7. The maximum atomic E-state index is 13.7. The molecule has 2 heterocycles. The van der Waals surface area contributed by atoms with Crippen LogP contribution in [-0.4, -0.2) is 36.1 Å².